The van der Waals surface area contributed by atoms with E-state index in [-0.39, 0.29) is 46.7 Å². The van der Waals surface area contributed by atoms with E-state index >= 15 is 0 Å². The van der Waals surface area contributed by atoms with Gasteiger partial charge >= 0.3 is 0 Å². The van der Waals surface area contributed by atoms with Crippen LogP contribution >= 0.6 is 0 Å². The minimum atomic E-state index is -0.854. The van der Waals surface area contributed by atoms with Crippen LogP contribution in [0.1, 0.15) is 18.0 Å². The summed E-state index contributed by atoms with van der Waals surface area (Å²) in [5.41, 5.74) is 12.7. The highest BCUT2D eigenvalue weighted by atomic mass is 19.1. The number of methoxy groups -OCH3 is 1. The van der Waals surface area contributed by atoms with Crippen molar-refractivity contribution in [1.29, 1.82) is 0 Å². The van der Waals surface area contributed by atoms with Crippen molar-refractivity contribution >= 4 is 28.7 Å². The summed E-state index contributed by atoms with van der Waals surface area (Å²) in [7, 11) is 3.02. The van der Waals surface area contributed by atoms with Crippen LogP contribution in [0.4, 0.5) is 4.39 Å². The molecule has 38 heavy (non-hydrogen) atoms. The van der Waals surface area contributed by atoms with Crippen molar-refractivity contribution in [2.24, 2.45) is 16.5 Å². The minimum absolute atomic E-state index is 0.0686. The smallest absolute Gasteiger partial charge is 0.255 e. The van der Waals surface area contributed by atoms with Gasteiger partial charge in [0, 0.05) is 32.8 Å². The van der Waals surface area contributed by atoms with Crippen LogP contribution < -0.4 is 16.8 Å². The number of halogens is 1. The van der Waals surface area contributed by atoms with Gasteiger partial charge in [-0.3, -0.25) is 14.6 Å². The van der Waals surface area contributed by atoms with Crippen molar-refractivity contribution in [2.45, 2.75) is 24.5 Å². The lowest BCUT2D eigenvalue weighted by molar-refractivity contribution is -0.127. The third-order valence-electron chi connectivity index (χ3n) is 6.56. The molecule has 2 fully saturated rings. The first-order valence-corrected chi connectivity index (χ1v) is 12.0. The zero-order chi connectivity index (χ0) is 27.4. The summed E-state index contributed by atoms with van der Waals surface area (Å²) in [6, 6.07) is 2.57. The Morgan fingerprint density at radius 1 is 1.39 bits per heavy atom. The summed E-state index contributed by atoms with van der Waals surface area (Å²) in [5.74, 6) is 3.80. The number of likely N-dealkylation sites (tertiary alicyclic amines) is 1. The van der Waals surface area contributed by atoms with Gasteiger partial charge in [-0.25, -0.2) is 9.37 Å². The van der Waals surface area contributed by atoms with Gasteiger partial charge in [0.2, 0.25) is 5.91 Å². The second-order valence-electron chi connectivity index (χ2n) is 9.02. The van der Waals surface area contributed by atoms with Gasteiger partial charge in [0.1, 0.15) is 17.2 Å². The van der Waals surface area contributed by atoms with Crippen LogP contribution in [0.25, 0.3) is 11.0 Å². The summed E-state index contributed by atoms with van der Waals surface area (Å²) in [5, 5.41) is 3.15. The first kappa shape index (κ1) is 26.8. The van der Waals surface area contributed by atoms with E-state index in [0.29, 0.717) is 43.8 Å². The molecule has 0 bridgehead atoms. The summed E-state index contributed by atoms with van der Waals surface area (Å²) < 4.78 is 27.2. The van der Waals surface area contributed by atoms with Crippen LogP contribution in [0.3, 0.4) is 0 Å². The Labute approximate surface area is 219 Å². The molecule has 1 aromatic heterocycles. The van der Waals surface area contributed by atoms with E-state index in [1.807, 2.05) is 4.57 Å². The zero-order valence-electron chi connectivity index (χ0n) is 21.2. The first-order chi connectivity index (χ1) is 18.3. The molecule has 5 N–H and O–H groups in total. The fourth-order valence-electron chi connectivity index (χ4n) is 4.59. The largest absolute Gasteiger partial charge is 0.391 e. The number of amidine groups is 1. The standard InChI is InChI=1S/C26H30FN7O4/c1-4-23(35)33-10-16(8-17(33)11-37-3)32-26(30-2)24(25(29)36)20(28)6-5-15-7-21-22(9-19(15)27)34(14-31-21)18-12-38-13-18/h4,7,9,14,16-18H,1,8,10-13,28H2,2-3H3,(H2,29,36)(H,30,32)/b24-20-/t16?,17-/m1/s1. The van der Waals surface area contributed by atoms with Crippen molar-refractivity contribution < 1.29 is 23.5 Å². The van der Waals surface area contributed by atoms with Gasteiger partial charge in [-0.1, -0.05) is 12.5 Å². The van der Waals surface area contributed by atoms with Gasteiger partial charge in [-0.2, -0.15) is 0 Å². The predicted octanol–water partition coefficient (Wildman–Crippen LogP) is 0.216. The van der Waals surface area contributed by atoms with E-state index in [1.165, 1.54) is 25.3 Å². The van der Waals surface area contributed by atoms with Gasteiger partial charge in [-0.05, 0) is 24.5 Å². The highest BCUT2D eigenvalue weighted by Gasteiger charge is 2.35. The normalized spacial score (nSPS) is 20.4. The topological polar surface area (TPSA) is 150 Å². The Morgan fingerprint density at radius 3 is 2.76 bits per heavy atom. The Kier molecular flexibility index (Phi) is 8.09. The third kappa shape index (κ3) is 5.39. The lowest BCUT2D eigenvalue weighted by Crippen LogP contribution is -2.42. The van der Waals surface area contributed by atoms with Crippen molar-refractivity contribution in [1.82, 2.24) is 19.8 Å². The summed E-state index contributed by atoms with van der Waals surface area (Å²) in [6.07, 6.45) is 3.42. The average Bonchev–Trinajstić information content (AvgIpc) is 3.44. The quantitative estimate of drug-likeness (QED) is 0.203. The number of benzene rings is 1. The molecule has 0 saturated carbocycles. The molecule has 1 aromatic carbocycles. The number of nitrogens with one attached hydrogen (secondary N) is 1. The van der Waals surface area contributed by atoms with Gasteiger partial charge < -0.3 is 35.7 Å². The molecule has 0 radical (unpaired) electrons. The molecule has 2 atom stereocenters. The Bertz CT molecular complexity index is 1380. The fraction of sp³-hybridized carbons (Fsp3) is 0.385. The maximum atomic E-state index is 14.9. The molecule has 2 amide bonds. The Morgan fingerprint density at radius 2 is 2.16 bits per heavy atom. The van der Waals surface area contributed by atoms with E-state index in [2.05, 4.69) is 33.7 Å². The number of nitrogens with two attached hydrogens (primary N) is 2. The van der Waals surface area contributed by atoms with Crippen molar-refractivity contribution in [2.75, 3.05) is 40.5 Å². The number of amides is 2. The molecule has 0 spiro atoms. The minimum Gasteiger partial charge on any atom is -0.391 e. The second-order valence-corrected chi connectivity index (χ2v) is 9.02. The molecule has 0 aliphatic carbocycles. The molecule has 1 unspecified atom stereocenters. The third-order valence-corrected chi connectivity index (χ3v) is 6.56. The zero-order valence-corrected chi connectivity index (χ0v) is 21.2. The number of aromatic nitrogens is 2. The van der Waals surface area contributed by atoms with E-state index in [1.54, 1.807) is 18.3 Å². The average molecular weight is 524 g/mol. The number of imidazole rings is 1. The van der Waals surface area contributed by atoms with Crippen LogP contribution in [0.15, 0.2) is 47.4 Å². The number of aliphatic imine (C=N–C) groups is 1. The van der Waals surface area contributed by atoms with E-state index in [4.69, 9.17) is 20.9 Å². The van der Waals surface area contributed by atoms with Gasteiger partial charge in [0.05, 0.1) is 60.5 Å². The Balaban J connectivity index is 1.58. The highest BCUT2D eigenvalue weighted by Crippen LogP contribution is 2.25. The second kappa shape index (κ2) is 11.5. The van der Waals surface area contributed by atoms with Crippen LogP contribution in [0, 0.1) is 17.7 Å². The molecule has 4 rings (SSSR count). The first-order valence-electron chi connectivity index (χ1n) is 12.0. The van der Waals surface area contributed by atoms with Crippen LogP contribution in [0.5, 0.6) is 0 Å². The number of ether oxygens (including phenoxy) is 2. The van der Waals surface area contributed by atoms with Crippen LogP contribution in [-0.2, 0) is 19.1 Å². The number of fused-ring (bicyclic) bond motifs is 1. The number of nitrogens with zero attached hydrogens (tertiary/aromatic N) is 4. The van der Waals surface area contributed by atoms with Crippen LogP contribution in [0.2, 0.25) is 0 Å². The number of carbonyl (C=O) groups is 2. The summed E-state index contributed by atoms with van der Waals surface area (Å²) in [4.78, 5) is 34.7. The number of primary amides is 1. The molecule has 11 nitrogen and oxygen atoms in total. The van der Waals surface area contributed by atoms with Crippen molar-refractivity contribution in [3.8, 4) is 11.8 Å². The molecular weight excluding hydrogens is 493 g/mol. The maximum absolute atomic E-state index is 14.9. The lowest BCUT2D eigenvalue weighted by Gasteiger charge is -2.27. The maximum Gasteiger partial charge on any atom is 0.255 e. The number of hydrogen-bond acceptors (Lipinski definition) is 7. The fourth-order valence-corrected chi connectivity index (χ4v) is 4.59. The SMILES string of the molecule is C=CC(=O)N1CC(NC(=NC)/C(C(N)=O)=C(\N)C#Cc2cc3ncn(C4COC4)c3cc2F)C[C@@H]1COC. The number of allylic oxidation sites excluding steroid dienone is 1. The predicted molar refractivity (Wildman–Crippen MR) is 139 cm³/mol. The Hall–Kier alpha value is -4.21. The molecule has 12 heteroatoms. The monoisotopic (exact) mass is 523 g/mol. The molecule has 2 aliphatic heterocycles. The molecule has 2 aromatic rings. The van der Waals surface area contributed by atoms with Crippen LogP contribution in [-0.4, -0.2) is 84.7 Å². The summed E-state index contributed by atoms with van der Waals surface area (Å²) in [6.45, 7) is 5.33. The van der Waals surface area contributed by atoms with Gasteiger partial charge in [0.15, 0.2) is 0 Å². The molecule has 2 saturated heterocycles. The van der Waals surface area contributed by atoms with Gasteiger partial charge in [-0.15, -0.1) is 0 Å². The molecule has 2 aliphatic rings. The highest BCUT2D eigenvalue weighted by molar-refractivity contribution is 6.21. The number of carbonyl (C=O) groups excluding carboxylic acids is 2. The lowest BCUT2D eigenvalue weighted by atomic mass is 10.1. The molecular formula is C26H30FN7O4. The molecule has 3 heterocycles. The van der Waals surface area contributed by atoms with E-state index in [9.17, 15) is 14.0 Å². The van der Waals surface area contributed by atoms with E-state index in [0.717, 1.165) is 0 Å². The number of hydrogen-bond donors (Lipinski definition) is 3. The van der Waals surface area contributed by atoms with Crippen molar-refractivity contribution in [3.05, 3.63) is 53.8 Å². The molecule has 200 valence electrons. The van der Waals surface area contributed by atoms with Crippen molar-refractivity contribution in [3.63, 3.8) is 0 Å². The van der Waals surface area contributed by atoms with Gasteiger partial charge in [0.25, 0.3) is 5.91 Å². The summed E-state index contributed by atoms with van der Waals surface area (Å²) >= 11 is 0. The van der Waals surface area contributed by atoms with E-state index < -0.39 is 11.7 Å². The number of rotatable bonds is 7.